The van der Waals surface area contributed by atoms with Crippen molar-refractivity contribution >= 4 is 50.7 Å². The summed E-state index contributed by atoms with van der Waals surface area (Å²) in [7, 11) is 1.62. The monoisotopic (exact) mass is 462 g/mol. The van der Waals surface area contributed by atoms with Gasteiger partial charge in [0.15, 0.2) is 5.78 Å². The van der Waals surface area contributed by atoms with Crippen molar-refractivity contribution in [2.45, 2.75) is 6.61 Å². The minimum absolute atomic E-state index is 0.0105. The van der Waals surface area contributed by atoms with Crippen LogP contribution in [0, 0.1) is 0 Å². The molecule has 0 fully saturated rings. The Bertz CT molecular complexity index is 968. The van der Waals surface area contributed by atoms with Crippen molar-refractivity contribution < 1.29 is 14.3 Å². The normalized spacial score (nSPS) is 10.9. The second-order valence-electron chi connectivity index (χ2n) is 5.61. The van der Waals surface area contributed by atoms with E-state index in [1.807, 2.05) is 41.8 Å². The molecule has 1 aromatic heterocycles. The summed E-state index contributed by atoms with van der Waals surface area (Å²) >= 11 is 10.8. The molecule has 0 aliphatic carbocycles. The van der Waals surface area contributed by atoms with Gasteiger partial charge >= 0.3 is 0 Å². The third kappa shape index (κ3) is 5.22. The quantitative estimate of drug-likeness (QED) is 0.291. The minimum Gasteiger partial charge on any atom is -0.496 e. The summed E-state index contributed by atoms with van der Waals surface area (Å²) in [5.74, 6) is 1.40. The number of allylic oxidation sites excluding steroid dienone is 1. The molecule has 0 bridgehead atoms. The molecule has 0 radical (unpaired) electrons. The molecule has 0 unspecified atom stereocenters. The molecule has 0 aliphatic heterocycles. The highest BCUT2D eigenvalue weighted by Crippen LogP contribution is 2.30. The van der Waals surface area contributed by atoms with Crippen LogP contribution < -0.4 is 9.47 Å². The molecule has 0 saturated carbocycles. The summed E-state index contributed by atoms with van der Waals surface area (Å²) in [6, 6.07) is 14.8. The maximum Gasteiger partial charge on any atom is 0.195 e. The number of hydrogen-bond donors (Lipinski definition) is 0. The fourth-order valence-electron chi connectivity index (χ4n) is 2.44. The summed E-state index contributed by atoms with van der Waals surface area (Å²) in [4.78, 5) is 12.8. The molecule has 0 atom stereocenters. The summed E-state index contributed by atoms with van der Waals surface area (Å²) in [5, 5.41) is 2.52. The zero-order valence-electron chi connectivity index (χ0n) is 14.4. The molecule has 0 amide bonds. The summed E-state index contributed by atoms with van der Waals surface area (Å²) in [5.41, 5.74) is 1.78. The predicted molar refractivity (Wildman–Crippen MR) is 114 cm³/mol. The number of carbonyl (C=O) groups excluding carboxylic acids is 1. The van der Waals surface area contributed by atoms with Gasteiger partial charge in [0.05, 0.1) is 16.5 Å². The fourth-order valence-corrected chi connectivity index (χ4v) is 3.88. The van der Waals surface area contributed by atoms with E-state index in [0.29, 0.717) is 17.4 Å². The van der Waals surface area contributed by atoms with E-state index in [2.05, 4.69) is 15.9 Å². The predicted octanol–water partition coefficient (Wildman–Crippen LogP) is 6.65. The van der Waals surface area contributed by atoms with Crippen LogP contribution in [0.5, 0.6) is 11.5 Å². The van der Waals surface area contributed by atoms with Crippen LogP contribution in [0.1, 0.15) is 20.8 Å². The Morgan fingerprint density at radius 3 is 2.70 bits per heavy atom. The van der Waals surface area contributed by atoms with Crippen LogP contribution >= 0.6 is 38.9 Å². The first kappa shape index (κ1) is 19.7. The van der Waals surface area contributed by atoms with Crippen LogP contribution in [0.25, 0.3) is 6.08 Å². The molecule has 0 spiro atoms. The average molecular weight is 464 g/mol. The van der Waals surface area contributed by atoms with Gasteiger partial charge in [0.25, 0.3) is 0 Å². The molecule has 27 heavy (non-hydrogen) atoms. The Hall–Kier alpha value is -2.08. The molecule has 138 valence electrons. The van der Waals surface area contributed by atoms with Gasteiger partial charge in [0, 0.05) is 10.6 Å². The number of hydrogen-bond acceptors (Lipinski definition) is 4. The lowest BCUT2D eigenvalue weighted by Crippen LogP contribution is -2.00. The zero-order valence-corrected chi connectivity index (χ0v) is 17.6. The lowest BCUT2D eigenvalue weighted by molar-refractivity contribution is 0.105. The van der Waals surface area contributed by atoms with Gasteiger partial charge < -0.3 is 9.47 Å². The van der Waals surface area contributed by atoms with Crippen LogP contribution in [0.15, 0.2) is 64.5 Å². The zero-order chi connectivity index (χ0) is 19.2. The van der Waals surface area contributed by atoms with Crippen LogP contribution in [0.2, 0.25) is 5.02 Å². The molecule has 0 aliphatic rings. The SMILES string of the molecule is COc1ccc(/C=C/C(=O)c2cccs2)cc1COc1ccc(Cl)cc1Br. The number of halogens is 2. The van der Waals surface area contributed by atoms with E-state index in [0.717, 1.165) is 26.2 Å². The Morgan fingerprint density at radius 2 is 2.00 bits per heavy atom. The van der Waals surface area contributed by atoms with Gasteiger partial charge in [-0.1, -0.05) is 29.8 Å². The van der Waals surface area contributed by atoms with E-state index in [1.165, 1.54) is 11.3 Å². The lowest BCUT2D eigenvalue weighted by Gasteiger charge is -2.12. The summed E-state index contributed by atoms with van der Waals surface area (Å²) in [6.07, 6.45) is 3.37. The lowest BCUT2D eigenvalue weighted by atomic mass is 10.1. The van der Waals surface area contributed by atoms with Crippen molar-refractivity contribution in [2.75, 3.05) is 7.11 Å². The summed E-state index contributed by atoms with van der Waals surface area (Å²) < 4.78 is 12.1. The number of carbonyl (C=O) groups is 1. The molecule has 0 saturated heterocycles. The largest absolute Gasteiger partial charge is 0.496 e. The van der Waals surface area contributed by atoms with E-state index in [9.17, 15) is 4.79 Å². The van der Waals surface area contributed by atoms with Crippen molar-refractivity contribution in [1.82, 2.24) is 0 Å². The third-order valence-corrected chi connectivity index (χ3v) is 5.51. The van der Waals surface area contributed by atoms with Gasteiger partial charge in [0.2, 0.25) is 0 Å². The number of rotatable bonds is 7. The van der Waals surface area contributed by atoms with Crippen LogP contribution in [-0.4, -0.2) is 12.9 Å². The molecule has 6 heteroatoms. The molecule has 0 N–H and O–H groups in total. The molecular formula is C21H16BrClO3S. The molecule has 1 heterocycles. The first-order chi connectivity index (χ1) is 13.1. The first-order valence-electron chi connectivity index (χ1n) is 8.07. The second-order valence-corrected chi connectivity index (χ2v) is 7.85. The van der Waals surface area contributed by atoms with Crippen molar-refractivity contribution in [2.24, 2.45) is 0 Å². The van der Waals surface area contributed by atoms with Gasteiger partial charge in [-0.25, -0.2) is 0 Å². The number of benzene rings is 2. The van der Waals surface area contributed by atoms with E-state index in [-0.39, 0.29) is 5.78 Å². The second kappa shape index (κ2) is 9.22. The number of thiophene rings is 1. The topological polar surface area (TPSA) is 35.5 Å². The van der Waals surface area contributed by atoms with E-state index in [1.54, 1.807) is 31.4 Å². The Balaban J connectivity index is 1.76. The molecule has 3 aromatic rings. The van der Waals surface area contributed by atoms with Crippen molar-refractivity contribution in [3.8, 4) is 11.5 Å². The van der Waals surface area contributed by atoms with E-state index in [4.69, 9.17) is 21.1 Å². The molecule has 2 aromatic carbocycles. The molecular weight excluding hydrogens is 448 g/mol. The minimum atomic E-state index is -0.0105. The van der Waals surface area contributed by atoms with E-state index >= 15 is 0 Å². The van der Waals surface area contributed by atoms with Gasteiger partial charge in [0.1, 0.15) is 18.1 Å². The standard InChI is InChI=1S/C21H16BrClO3S/c1-25-19-8-5-14(4-7-18(24)21-3-2-10-27-21)11-15(19)13-26-20-9-6-16(23)12-17(20)22/h2-12H,13H2,1H3/b7-4+. The first-order valence-corrected chi connectivity index (χ1v) is 10.1. The maximum atomic E-state index is 12.1. The van der Waals surface area contributed by atoms with Crippen molar-refractivity contribution in [3.05, 3.63) is 85.5 Å². The van der Waals surface area contributed by atoms with Crippen molar-refractivity contribution in [1.29, 1.82) is 0 Å². The average Bonchev–Trinajstić information content (AvgIpc) is 3.20. The number of ether oxygens (including phenoxy) is 2. The van der Waals surface area contributed by atoms with Crippen molar-refractivity contribution in [3.63, 3.8) is 0 Å². The smallest absolute Gasteiger partial charge is 0.195 e. The van der Waals surface area contributed by atoms with E-state index < -0.39 is 0 Å². The summed E-state index contributed by atoms with van der Waals surface area (Å²) in [6.45, 7) is 0.323. The highest BCUT2D eigenvalue weighted by molar-refractivity contribution is 9.10. The number of ketones is 1. The van der Waals surface area contributed by atoms with Crippen LogP contribution in [-0.2, 0) is 6.61 Å². The fraction of sp³-hybridized carbons (Fsp3) is 0.0952. The van der Waals surface area contributed by atoms with Gasteiger partial charge in [-0.05, 0) is 69.3 Å². The van der Waals surface area contributed by atoms with Crippen LogP contribution in [0.3, 0.4) is 0 Å². The van der Waals surface area contributed by atoms with Crippen LogP contribution in [0.4, 0.5) is 0 Å². The molecule has 3 nitrogen and oxygen atoms in total. The Labute approximate surface area is 175 Å². The Morgan fingerprint density at radius 1 is 1.19 bits per heavy atom. The maximum absolute atomic E-state index is 12.1. The van der Waals surface area contributed by atoms with Gasteiger partial charge in [-0.15, -0.1) is 11.3 Å². The highest BCUT2D eigenvalue weighted by atomic mass is 79.9. The highest BCUT2D eigenvalue weighted by Gasteiger charge is 2.08. The third-order valence-electron chi connectivity index (χ3n) is 3.77. The van der Waals surface area contributed by atoms with Gasteiger partial charge in [-0.2, -0.15) is 0 Å². The van der Waals surface area contributed by atoms with Gasteiger partial charge in [-0.3, -0.25) is 4.79 Å². The number of methoxy groups -OCH3 is 1. The Kier molecular flexibility index (Phi) is 6.72. The molecule has 3 rings (SSSR count).